The van der Waals surface area contributed by atoms with Crippen LogP contribution in [0.5, 0.6) is 0 Å². The van der Waals surface area contributed by atoms with Gasteiger partial charge in [-0.1, -0.05) is 0 Å². The zero-order valence-electron chi connectivity index (χ0n) is 11.9. The largest absolute Gasteiger partial charge is 0.411 e. The number of hydrogen-bond acceptors (Lipinski definition) is 5. The number of ether oxygens (including phenoxy) is 1. The molecular weight excluding hydrogens is 287 g/mol. The minimum absolute atomic E-state index is 0.222. The Morgan fingerprint density at radius 1 is 1.48 bits per heavy atom. The predicted molar refractivity (Wildman–Crippen MR) is 71.0 cm³/mol. The zero-order chi connectivity index (χ0) is 15.3. The van der Waals surface area contributed by atoms with Gasteiger partial charge in [-0.25, -0.2) is 0 Å². The summed E-state index contributed by atoms with van der Waals surface area (Å²) in [6.07, 6.45) is -2.11. The molecule has 0 amide bonds. The van der Waals surface area contributed by atoms with Crippen LogP contribution in [0.15, 0.2) is 0 Å². The molecule has 0 aromatic carbocycles. The summed E-state index contributed by atoms with van der Waals surface area (Å²) in [5, 5.41) is 9.84. The second-order valence-electron chi connectivity index (χ2n) is 5.20. The Morgan fingerprint density at radius 2 is 2.29 bits per heavy atom. The lowest BCUT2D eigenvalue weighted by Gasteiger charge is -2.31. The van der Waals surface area contributed by atoms with Crippen molar-refractivity contribution in [2.24, 2.45) is 5.92 Å². The molecular formula is C12H20F3N5O. The molecule has 9 heteroatoms. The van der Waals surface area contributed by atoms with Gasteiger partial charge in [0.2, 0.25) is 5.95 Å². The third kappa shape index (κ3) is 5.16. The van der Waals surface area contributed by atoms with Gasteiger partial charge in [-0.3, -0.25) is 5.10 Å². The molecule has 1 fully saturated rings. The van der Waals surface area contributed by atoms with Crippen molar-refractivity contribution in [2.75, 3.05) is 38.2 Å². The van der Waals surface area contributed by atoms with Crippen molar-refractivity contribution >= 4 is 5.95 Å². The Bertz CT molecular complexity index is 435. The topological polar surface area (TPSA) is 66.1 Å². The monoisotopic (exact) mass is 307 g/mol. The summed E-state index contributed by atoms with van der Waals surface area (Å²) >= 11 is 0. The molecule has 0 aliphatic carbocycles. The number of alkyl halides is 3. The highest BCUT2D eigenvalue weighted by Crippen LogP contribution is 2.20. The molecule has 0 bridgehead atoms. The van der Waals surface area contributed by atoms with Gasteiger partial charge in [0, 0.05) is 13.1 Å². The summed E-state index contributed by atoms with van der Waals surface area (Å²) in [6, 6.07) is 0. The minimum Gasteiger partial charge on any atom is -0.364 e. The first-order valence-corrected chi connectivity index (χ1v) is 6.93. The Morgan fingerprint density at radius 3 is 3.00 bits per heavy atom. The lowest BCUT2D eigenvalue weighted by Crippen LogP contribution is -2.39. The predicted octanol–water partition coefficient (Wildman–Crippen LogP) is 1.32. The smallest absolute Gasteiger partial charge is 0.364 e. The Labute approximate surface area is 121 Å². The van der Waals surface area contributed by atoms with Gasteiger partial charge in [-0.2, -0.15) is 18.2 Å². The number of rotatable bonds is 6. The number of anilines is 1. The quantitative estimate of drug-likeness (QED) is 0.830. The van der Waals surface area contributed by atoms with E-state index in [2.05, 4.69) is 30.1 Å². The summed E-state index contributed by atoms with van der Waals surface area (Å²) in [4.78, 5) is 6.25. The van der Waals surface area contributed by atoms with E-state index >= 15 is 0 Å². The molecule has 0 spiro atoms. The summed E-state index contributed by atoms with van der Waals surface area (Å²) in [5.74, 6) is 1.37. The average molecular weight is 307 g/mol. The molecule has 21 heavy (non-hydrogen) atoms. The van der Waals surface area contributed by atoms with Gasteiger partial charge >= 0.3 is 6.18 Å². The van der Waals surface area contributed by atoms with Crippen LogP contribution in [-0.4, -0.2) is 54.6 Å². The first kappa shape index (κ1) is 16.0. The van der Waals surface area contributed by atoms with Gasteiger partial charge in [0.25, 0.3) is 0 Å². The second kappa shape index (κ2) is 7.08. The van der Waals surface area contributed by atoms with Crippen LogP contribution >= 0.6 is 0 Å². The molecule has 6 nitrogen and oxygen atoms in total. The molecule has 1 unspecified atom stereocenters. The molecule has 2 heterocycles. The number of halogens is 3. The summed E-state index contributed by atoms with van der Waals surface area (Å²) in [5.41, 5.74) is 0. The molecule has 2 rings (SSSR count). The third-order valence-corrected chi connectivity index (χ3v) is 3.32. The Kier molecular flexibility index (Phi) is 5.40. The number of aromatic amines is 1. The van der Waals surface area contributed by atoms with E-state index in [-0.39, 0.29) is 6.61 Å². The van der Waals surface area contributed by atoms with Crippen molar-refractivity contribution in [2.45, 2.75) is 25.6 Å². The lowest BCUT2D eigenvalue weighted by atomic mass is 9.98. The first-order chi connectivity index (χ1) is 9.98. The summed E-state index contributed by atoms with van der Waals surface area (Å²) < 4.78 is 40.5. The molecule has 1 aliphatic heterocycles. The van der Waals surface area contributed by atoms with E-state index in [4.69, 9.17) is 0 Å². The van der Waals surface area contributed by atoms with Crippen LogP contribution in [-0.2, 0) is 11.3 Å². The van der Waals surface area contributed by atoms with Crippen LogP contribution in [0.1, 0.15) is 18.7 Å². The van der Waals surface area contributed by atoms with E-state index in [1.807, 2.05) is 7.05 Å². The number of aromatic nitrogens is 3. The lowest BCUT2D eigenvalue weighted by molar-refractivity contribution is -0.177. The minimum atomic E-state index is -4.32. The number of piperidine rings is 1. The zero-order valence-corrected chi connectivity index (χ0v) is 11.9. The molecule has 1 saturated heterocycles. The van der Waals surface area contributed by atoms with E-state index in [1.54, 1.807) is 0 Å². The maximum absolute atomic E-state index is 12.0. The van der Waals surface area contributed by atoms with Crippen LogP contribution in [0.3, 0.4) is 0 Å². The van der Waals surface area contributed by atoms with Crippen molar-refractivity contribution in [1.29, 1.82) is 0 Å². The average Bonchev–Trinajstić information content (AvgIpc) is 2.87. The Balaban J connectivity index is 1.84. The van der Waals surface area contributed by atoms with Gasteiger partial charge < -0.3 is 15.0 Å². The van der Waals surface area contributed by atoms with Crippen molar-refractivity contribution in [1.82, 2.24) is 20.5 Å². The summed E-state index contributed by atoms with van der Waals surface area (Å²) in [6.45, 7) is 1.14. The van der Waals surface area contributed by atoms with Gasteiger partial charge in [0.15, 0.2) is 5.82 Å². The number of H-pyrrole nitrogens is 1. The SMILES string of the molecule is CNCC1CCCN(c2n[nH]c(COCC(F)(F)F)n2)C1. The number of nitrogens with one attached hydrogen (secondary N) is 2. The Hall–Kier alpha value is -1.35. The first-order valence-electron chi connectivity index (χ1n) is 6.93. The molecule has 1 aromatic heterocycles. The standard InChI is InChI=1S/C12H20F3N5O/c1-16-5-9-3-2-4-20(6-9)11-17-10(18-19-11)7-21-8-12(13,14)15/h9,16H,2-8H2,1H3,(H,17,18,19). The molecule has 1 aliphatic rings. The fraction of sp³-hybridized carbons (Fsp3) is 0.833. The van der Waals surface area contributed by atoms with Crippen molar-refractivity contribution in [3.8, 4) is 0 Å². The maximum atomic E-state index is 12.0. The van der Waals surface area contributed by atoms with Crippen molar-refractivity contribution in [3.05, 3.63) is 5.82 Å². The highest BCUT2D eigenvalue weighted by Gasteiger charge is 2.28. The second-order valence-corrected chi connectivity index (χ2v) is 5.20. The van der Waals surface area contributed by atoms with Crippen molar-refractivity contribution in [3.63, 3.8) is 0 Å². The molecule has 1 aromatic rings. The molecule has 1 atom stereocenters. The molecule has 120 valence electrons. The highest BCUT2D eigenvalue weighted by atomic mass is 19.4. The van der Waals surface area contributed by atoms with E-state index in [0.29, 0.717) is 17.7 Å². The molecule has 0 saturated carbocycles. The van der Waals surface area contributed by atoms with Crippen LogP contribution in [0.25, 0.3) is 0 Å². The van der Waals surface area contributed by atoms with Gasteiger partial charge in [0.1, 0.15) is 13.2 Å². The van der Waals surface area contributed by atoms with Crippen molar-refractivity contribution < 1.29 is 17.9 Å². The van der Waals surface area contributed by atoms with E-state index in [9.17, 15) is 13.2 Å². The van der Waals surface area contributed by atoms with Gasteiger partial charge in [0.05, 0.1) is 0 Å². The third-order valence-electron chi connectivity index (χ3n) is 3.32. The normalized spacial score (nSPS) is 20.0. The number of hydrogen-bond donors (Lipinski definition) is 2. The fourth-order valence-electron chi connectivity index (χ4n) is 2.46. The number of nitrogens with zero attached hydrogens (tertiary/aromatic N) is 3. The molecule has 2 N–H and O–H groups in total. The maximum Gasteiger partial charge on any atom is 0.411 e. The fourth-order valence-corrected chi connectivity index (χ4v) is 2.46. The van der Waals surface area contributed by atoms with Crippen LogP contribution in [0.4, 0.5) is 19.1 Å². The van der Waals surface area contributed by atoms with Crippen LogP contribution in [0.2, 0.25) is 0 Å². The van der Waals surface area contributed by atoms with E-state index in [1.165, 1.54) is 0 Å². The molecule has 0 radical (unpaired) electrons. The van der Waals surface area contributed by atoms with Gasteiger partial charge in [-0.05, 0) is 32.4 Å². The van der Waals surface area contributed by atoms with Crippen LogP contribution in [0, 0.1) is 5.92 Å². The van der Waals surface area contributed by atoms with E-state index < -0.39 is 12.8 Å². The van der Waals surface area contributed by atoms with Gasteiger partial charge in [-0.15, -0.1) is 5.10 Å². The van der Waals surface area contributed by atoms with Crippen LogP contribution < -0.4 is 10.2 Å². The highest BCUT2D eigenvalue weighted by molar-refractivity contribution is 5.29. The van der Waals surface area contributed by atoms with E-state index in [0.717, 1.165) is 32.5 Å². The summed E-state index contributed by atoms with van der Waals surface area (Å²) in [7, 11) is 1.92.